The summed E-state index contributed by atoms with van der Waals surface area (Å²) in [6.07, 6.45) is 2.90. The van der Waals surface area contributed by atoms with Crippen molar-refractivity contribution in [2.75, 3.05) is 0 Å². The molecule has 0 spiro atoms. The lowest BCUT2D eigenvalue weighted by molar-refractivity contribution is -0.138. The van der Waals surface area contributed by atoms with Crippen molar-refractivity contribution in [1.82, 2.24) is 15.0 Å². The first-order chi connectivity index (χ1) is 9.22. The van der Waals surface area contributed by atoms with Crippen LogP contribution in [0.5, 0.6) is 0 Å². The molecule has 0 aliphatic heterocycles. The minimum atomic E-state index is -0.844. The number of rotatable bonds is 6. The second-order valence-corrected chi connectivity index (χ2v) is 4.46. The van der Waals surface area contributed by atoms with Gasteiger partial charge >= 0.3 is 5.97 Å². The van der Waals surface area contributed by atoms with Gasteiger partial charge in [-0.2, -0.15) is 0 Å². The van der Waals surface area contributed by atoms with Gasteiger partial charge < -0.3 is 5.11 Å². The number of carboxylic acids is 1. The zero-order valence-electron chi connectivity index (χ0n) is 10.9. The number of aromatic nitrogens is 3. The predicted molar refractivity (Wildman–Crippen MR) is 70.8 cm³/mol. The smallest absolute Gasteiger partial charge is 0.312 e. The zero-order valence-corrected chi connectivity index (χ0v) is 10.9. The summed E-state index contributed by atoms with van der Waals surface area (Å²) in [5.74, 6) is -1.45. The van der Waals surface area contributed by atoms with Crippen LogP contribution >= 0.6 is 0 Å². The van der Waals surface area contributed by atoms with E-state index in [1.54, 1.807) is 10.9 Å². The van der Waals surface area contributed by atoms with E-state index in [9.17, 15) is 9.90 Å². The van der Waals surface area contributed by atoms with Crippen molar-refractivity contribution in [1.29, 1.82) is 0 Å². The number of carbonyl (C=O) groups is 1. The van der Waals surface area contributed by atoms with Crippen LogP contribution in [0.4, 0.5) is 0 Å². The van der Waals surface area contributed by atoms with Crippen molar-refractivity contribution in [2.24, 2.45) is 0 Å². The molecule has 1 unspecified atom stereocenters. The predicted octanol–water partition coefficient (Wildman–Crippen LogP) is 2.10. The molecule has 1 N–H and O–H groups in total. The highest BCUT2D eigenvalue weighted by Gasteiger charge is 2.24. The Labute approximate surface area is 111 Å². The molecule has 2 aromatic rings. The van der Waals surface area contributed by atoms with E-state index in [2.05, 4.69) is 10.3 Å². The highest BCUT2D eigenvalue weighted by Crippen LogP contribution is 2.20. The van der Waals surface area contributed by atoms with E-state index in [0.29, 0.717) is 18.7 Å². The first-order valence-corrected chi connectivity index (χ1v) is 6.37. The minimum absolute atomic E-state index is 0.452. The first-order valence-electron chi connectivity index (χ1n) is 6.37. The Morgan fingerprint density at radius 1 is 1.37 bits per heavy atom. The molecule has 0 aliphatic rings. The minimum Gasteiger partial charge on any atom is -0.481 e. The van der Waals surface area contributed by atoms with Gasteiger partial charge in [-0.05, 0) is 18.4 Å². The van der Waals surface area contributed by atoms with Gasteiger partial charge in [0.2, 0.25) is 0 Å². The standard InChI is InChI=1S/C14H17N3O2/c1-2-8-17-13(10-15-16-17)12(14(18)19)9-11-6-4-3-5-7-11/h3-7,10,12H,2,8-9H2,1H3,(H,18,19). The van der Waals surface area contributed by atoms with Crippen molar-refractivity contribution >= 4 is 5.97 Å². The van der Waals surface area contributed by atoms with Crippen LogP contribution in [0.25, 0.3) is 0 Å². The van der Waals surface area contributed by atoms with Crippen LogP contribution in [0.3, 0.4) is 0 Å². The molecule has 0 bridgehead atoms. The molecule has 19 heavy (non-hydrogen) atoms. The largest absolute Gasteiger partial charge is 0.481 e. The van der Waals surface area contributed by atoms with Crippen molar-refractivity contribution < 1.29 is 9.90 Å². The van der Waals surface area contributed by atoms with Crippen molar-refractivity contribution in [2.45, 2.75) is 32.2 Å². The van der Waals surface area contributed by atoms with Gasteiger partial charge in [-0.1, -0.05) is 42.5 Å². The van der Waals surface area contributed by atoms with Gasteiger partial charge in [-0.25, -0.2) is 4.68 Å². The molecule has 0 saturated carbocycles. The summed E-state index contributed by atoms with van der Waals surface area (Å²) < 4.78 is 1.68. The molecule has 1 aromatic carbocycles. The third-order valence-electron chi connectivity index (χ3n) is 3.02. The summed E-state index contributed by atoms with van der Waals surface area (Å²) in [7, 11) is 0. The van der Waals surface area contributed by atoms with Gasteiger partial charge in [0, 0.05) is 6.54 Å². The average Bonchev–Trinajstić information content (AvgIpc) is 2.85. The van der Waals surface area contributed by atoms with Crippen LogP contribution in [-0.2, 0) is 17.8 Å². The summed E-state index contributed by atoms with van der Waals surface area (Å²) in [5.41, 5.74) is 1.66. The monoisotopic (exact) mass is 259 g/mol. The Morgan fingerprint density at radius 3 is 2.74 bits per heavy atom. The Kier molecular flexibility index (Phi) is 4.28. The fraction of sp³-hybridized carbons (Fsp3) is 0.357. The van der Waals surface area contributed by atoms with Crippen molar-refractivity contribution in [3.63, 3.8) is 0 Å². The summed E-state index contributed by atoms with van der Waals surface area (Å²) in [6, 6.07) is 9.61. The van der Waals surface area contributed by atoms with Crippen molar-refractivity contribution in [3.05, 3.63) is 47.8 Å². The number of nitrogens with zero attached hydrogens (tertiary/aromatic N) is 3. The summed E-state index contributed by atoms with van der Waals surface area (Å²) >= 11 is 0. The molecule has 0 fully saturated rings. The molecule has 100 valence electrons. The maximum atomic E-state index is 11.5. The number of aryl methyl sites for hydroxylation is 1. The first kappa shape index (κ1) is 13.3. The molecule has 0 saturated heterocycles. The summed E-state index contributed by atoms with van der Waals surface area (Å²) in [6.45, 7) is 2.71. The summed E-state index contributed by atoms with van der Waals surface area (Å²) in [4.78, 5) is 11.5. The second kappa shape index (κ2) is 6.13. The molecule has 1 aromatic heterocycles. The molecule has 0 radical (unpaired) electrons. The van der Waals surface area contributed by atoms with E-state index in [1.165, 1.54) is 0 Å². The van der Waals surface area contributed by atoms with Gasteiger partial charge in [0.05, 0.1) is 11.9 Å². The normalized spacial score (nSPS) is 12.3. The van der Waals surface area contributed by atoms with Crippen LogP contribution in [-0.4, -0.2) is 26.1 Å². The molecule has 5 nitrogen and oxygen atoms in total. The fourth-order valence-electron chi connectivity index (χ4n) is 2.09. The summed E-state index contributed by atoms with van der Waals surface area (Å²) in [5, 5.41) is 17.2. The van der Waals surface area contributed by atoms with E-state index >= 15 is 0 Å². The molecule has 1 heterocycles. The van der Waals surface area contributed by atoms with Gasteiger partial charge in [0.1, 0.15) is 5.92 Å². The van der Waals surface area contributed by atoms with Gasteiger partial charge in [-0.15, -0.1) is 5.10 Å². The quantitative estimate of drug-likeness (QED) is 0.862. The SMILES string of the molecule is CCCn1nncc1C(Cc1ccccc1)C(=O)O. The molecule has 0 aliphatic carbocycles. The topological polar surface area (TPSA) is 68.0 Å². The van der Waals surface area contributed by atoms with Gasteiger partial charge in [-0.3, -0.25) is 4.79 Å². The molecule has 1 atom stereocenters. The lowest BCUT2D eigenvalue weighted by Crippen LogP contribution is -2.19. The lowest BCUT2D eigenvalue weighted by Gasteiger charge is -2.13. The second-order valence-electron chi connectivity index (χ2n) is 4.46. The number of carboxylic acid groups (broad SMARTS) is 1. The zero-order chi connectivity index (χ0) is 13.7. The third kappa shape index (κ3) is 3.19. The van der Waals surface area contributed by atoms with Crippen molar-refractivity contribution in [3.8, 4) is 0 Å². The van der Waals surface area contributed by atoms with Crippen LogP contribution < -0.4 is 0 Å². The molecule has 5 heteroatoms. The van der Waals surface area contributed by atoms with E-state index in [4.69, 9.17) is 0 Å². The number of aliphatic carboxylic acids is 1. The van der Waals surface area contributed by atoms with E-state index in [1.807, 2.05) is 37.3 Å². The average molecular weight is 259 g/mol. The number of hydrogen-bond acceptors (Lipinski definition) is 3. The Bertz CT molecular complexity index is 537. The van der Waals surface area contributed by atoms with E-state index in [-0.39, 0.29) is 0 Å². The van der Waals surface area contributed by atoms with E-state index in [0.717, 1.165) is 12.0 Å². The molecular weight excluding hydrogens is 242 g/mol. The Balaban J connectivity index is 2.25. The van der Waals surface area contributed by atoms with Gasteiger partial charge in [0.15, 0.2) is 0 Å². The van der Waals surface area contributed by atoms with E-state index < -0.39 is 11.9 Å². The Hall–Kier alpha value is -2.17. The highest BCUT2D eigenvalue weighted by molar-refractivity contribution is 5.75. The highest BCUT2D eigenvalue weighted by atomic mass is 16.4. The number of hydrogen-bond donors (Lipinski definition) is 1. The molecule has 0 amide bonds. The maximum absolute atomic E-state index is 11.5. The third-order valence-corrected chi connectivity index (χ3v) is 3.02. The lowest BCUT2D eigenvalue weighted by atomic mass is 9.96. The molecule has 2 rings (SSSR count). The van der Waals surface area contributed by atoms with Crippen LogP contribution in [0.1, 0.15) is 30.5 Å². The van der Waals surface area contributed by atoms with Crippen LogP contribution in [0, 0.1) is 0 Å². The Morgan fingerprint density at radius 2 is 2.11 bits per heavy atom. The number of benzene rings is 1. The molecular formula is C14H17N3O2. The van der Waals surface area contributed by atoms with Crippen LogP contribution in [0.2, 0.25) is 0 Å². The fourth-order valence-corrected chi connectivity index (χ4v) is 2.09. The van der Waals surface area contributed by atoms with Gasteiger partial charge in [0.25, 0.3) is 0 Å². The van der Waals surface area contributed by atoms with Crippen LogP contribution in [0.15, 0.2) is 36.5 Å². The maximum Gasteiger partial charge on any atom is 0.312 e.